The Labute approximate surface area is 166 Å². The molecule has 2 heterocycles. The summed E-state index contributed by atoms with van der Waals surface area (Å²) in [4.78, 5) is 28.4. The van der Waals surface area contributed by atoms with Crippen LogP contribution in [0.2, 0.25) is 0 Å². The first kappa shape index (κ1) is 21.3. The van der Waals surface area contributed by atoms with Gasteiger partial charge in [-0.05, 0) is 37.2 Å². The van der Waals surface area contributed by atoms with E-state index in [1.807, 2.05) is 0 Å². The molecule has 0 bridgehead atoms. The molecule has 0 saturated carbocycles. The molecule has 6 nitrogen and oxygen atoms in total. The zero-order valence-corrected chi connectivity index (χ0v) is 16.6. The lowest BCUT2D eigenvalue weighted by molar-refractivity contribution is -0.137. The van der Waals surface area contributed by atoms with Crippen LogP contribution < -0.4 is 11.2 Å². The van der Waals surface area contributed by atoms with Crippen LogP contribution in [0.1, 0.15) is 23.2 Å². The summed E-state index contributed by atoms with van der Waals surface area (Å²) in [5.74, 6) is 0. The van der Waals surface area contributed by atoms with E-state index < -0.39 is 11.7 Å². The van der Waals surface area contributed by atoms with Gasteiger partial charge in [0.05, 0.1) is 5.56 Å². The van der Waals surface area contributed by atoms with Gasteiger partial charge in [0, 0.05) is 52.0 Å². The summed E-state index contributed by atoms with van der Waals surface area (Å²) in [6.07, 6.45) is -3.42. The van der Waals surface area contributed by atoms with E-state index in [0.29, 0.717) is 18.8 Å². The topological polar surface area (TPSA) is 50.5 Å². The number of hydrogen-bond acceptors (Lipinski definition) is 4. The standard InChI is InChI=1S/C20H25F3N4O2/c1-24-17(12-18(28)25(2)19(24)29)14-27-9-3-8-26(10-11-27)13-15-4-6-16(7-5-15)20(21,22)23/h4-7,12H,3,8-11,13-14H2,1-2H3. The van der Waals surface area contributed by atoms with Crippen molar-refractivity contribution in [3.8, 4) is 0 Å². The largest absolute Gasteiger partial charge is 0.416 e. The first-order chi connectivity index (χ1) is 13.6. The minimum atomic E-state index is -4.32. The monoisotopic (exact) mass is 410 g/mol. The smallest absolute Gasteiger partial charge is 0.299 e. The number of hydrogen-bond donors (Lipinski definition) is 0. The fourth-order valence-electron chi connectivity index (χ4n) is 3.56. The van der Waals surface area contributed by atoms with Crippen molar-refractivity contribution < 1.29 is 13.2 Å². The molecule has 2 aromatic rings. The lowest BCUT2D eigenvalue weighted by Crippen LogP contribution is -2.40. The molecule has 1 aromatic heterocycles. The van der Waals surface area contributed by atoms with Crippen molar-refractivity contribution >= 4 is 0 Å². The zero-order chi connectivity index (χ0) is 21.2. The van der Waals surface area contributed by atoms with E-state index in [1.165, 1.54) is 29.8 Å². The van der Waals surface area contributed by atoms with Crippen molar-refractivity contribution in [2.75, 3.05) is 26.2 Å². The van der Waals surface area contributed by atoms with Crippen molar-refractivity contribution in [3.63, 3.8) is 0 Å². The van der Waals surface area contributed by atoms with Gasteiger partial charge in [0.15, 0.2) is 0 Å². The summed E-state index contributed by atoms with van der Waals surface area (Å²) < 4.78 is 40.7. The van der Waals surface area contributed by atoms with Gasteiger partial charge in [-0.15, -0.1) is 0 Å². The van der Waals surface area contributed by atoms with Crippen LogP contribution >= 0.6 is 0 Å². The predicted octanol–water partition coefficient (Wildman–Crippen LogP) is 1.81. The van der Waals surface area contributed by atoms with Crippen LogP contribution in [-0.2, 0) is 33.4 Å². The summed E-state index contributed by atoms with van der Waals surface area (Å²) in [5.41, 5.74) is 0.228. The molecule has 1 aliphatic heterocycles. The SMILES string of the molecule is Cn1c(CN2CCCN(Cc3ccc(C(F)(F)F)cc3)CC2)cc(=O)n(C)c1=O. The fraction of sp³-hybridized carbons (Fsp3) is 0.500. The van der Waals surface area contributed by atoms with Crippen LogP contribution in [0, 0.1) is 0 Å². The van der Waals surface area contributed by atoms with Gasteiger partial charge in [-0.25, -0.2) is 4.79 Å². The number of halogens is 3. The quantitative estimate of drug-likeness (QED) is 0.772. The van der Waals surface area contributed by atoms with E-state index in [0.717, 1.165) is 54.9 Å². The van der Waals surface area contributed by atoms with E-state index in [2.05, 4.69) is 9.80 Å². The number of nitrogens with zero attached hydrogens (tertiary/aromatic N) is 4. The molecule has 1 aromatic carbocycles. The molecule has 1 saturated heterocycles. The average Bonchev–Trinajstić information content (AvgIpc) is 2.89. The van der Waals surface area contributed by atoms with E-state index in [9.17, 15) is 22.8 Å². The highest BCUT2D eigenvalue weighted by Crippen LogP contribution is 2.29. The van der Waals surface area contributed by atoms with Gasteiger partial charge in [0.2, 0.25) is 0 Å². The molecule has 158 valence electrons. The summed E-state index contributed by atoms with van der Waals surface area (Å²) >= 11 is 0. The highest BCUT2D eigenvalue weighted by atomic mass is 19.4. The van der Waals surface area contributed by atoms with E-state index in [4.69, 9.17) is 0 Å². The molecule has 1 aliphatic rings. The Morgan fingerprint density at radius 2 is 1.45 bits per heavy atom. The number of aromatic nitrogens is 2. The predicted molar refractivity (Wildman–Crippen MR) is 104 cm³/mol. The number of rotatable bonds is 4. The minimum absolute atomic E-state index is 0.318. The third-order valence-corrected chi connectivity index (χ3v) is 5.38. The second-order valence-electron chi connectivity index (χ2n) is 7.48. The normalized spacial score (nSPS) is 16.7. The maximum Gasteiger partial charge on any atom is 0.416 e. The van der Waals surface area contributed by atoms with E-state index >= 15 is 0 Å². The third kappa shape index (κ3) is 5.16. The molecule has 0 spiro atoms. The Hall–Kier alpha value is -2.39. The highest BCUT2D eigenvalue weighted by Gasteiger charge is 2.30. The average molecular weight is 410 g/mol. The Bertz CT molecular complexity index is 964. The van der Waals surface area contributed by atoms with Crippen LogP contribution in [0.25, 0.3) is 0 Å². The highest BCUT2D eigenvalue weighted by molar-refractivity contribution is 5.24. The Morgan fingerprint density at radius 1 is 0.862 bits per heavy atom. The molecule has 0 unspecified atom stereocenters. The first-order valence-electron chi connectivity index (χ1n) is 9.52. The van der Waals surface area contributed by atoms with Crippen LogP contribution in [0.5, 0.6) is 0 Å². The second kappa shape index (κ2) is 8.54. The van der Waals surface area contributed by atoms with E-state index in [-0.39, 0.29) is 11.2 Å². The lowest BCUT2D eigenvalue weighted by Gasteiger charge is -2.23. The van der Waals surface area contributed by atoms with Gasteiger partial charge < -0.3 is 0 Å². The van der Waals surface area contributed by atoms with Gasteiger partial charge in [-0.1, -0.05) is 12.1 Å². The molecular formula is C20H25F3N4O2. The molecular weight excluding hydrogens is 385 g/mol. The van der Waals surface area contributed by atoms with Gasteiger partial charge in [0.25, 0.3) is 5.56 Å². The van der Waals surface area contributed by atoms with Gasteiger partial charge in [-0.2, -0.15) is 13.2 Å². The Kier molecular flexibility index (Phi) is 6.28. The fourth-order valence-corrected chi connectivity index (χ4v) is 3.56. The minimum Gasteiger partial charge on any atom is -0.299 e. The molecule has 0 N–H and O–H groups in total. The van der Waals surface area contributed by atoms with Gasteiger partial charge in [-0.3, -0.25) is 23.7 Å². The Balaban J connectivity index is 1.61. The lowest BCUT2D eigenvalue weighted by atomic mass is 10.1. The summed E-state index contributed by atoms with van der Waals surface area (Å²) in [6, 6.07) is 6.79. The zero-order valence-electron chi connectivity index (χ0n) is 16.6. The molecule has 1 fully saturated rings. The van der Waals surface area contributed by atoms with Crippen LogP contribution in [0.4, 0.5) is 13.2 Å². The molecule has 0 radical (unpaired) electrons. The summed E-state index contributed by atoms with van der Waals surface area (Å²) in [5, 5.41) is 0. The number of benzene rings is 1. The Morgan fingerprint density at radius 3 is 2.03 bits per heavy atom. The first-order valence-corrected chi connectivity index (χ1v) is 9.52. The molecule has 0 aliphatic carbocycles. The molecule has 29 heavy (non-hydrogen) atoms. The second-order valence-corrected chi connectivity index (χ2v) is 7.48. The van der Waals surface area contributed by atoms with Crippen molar-refractivity contribution in [2.24, 2.45) is 14.1 Å². The number of alkyl halides is 3. The summed E-state index contributed by atoms with van der Waals surface area (Å²) in [6.45, 7) is 4.29. The van der Waals surface area contributed by atoms with E-state index in [1.54, 1.807) is 7.05 Å². The van der Waals surface area contributed by atoms with Crippen LogP contribution in [-0.4, -0.2) is 45.1 Å². The summed E-state index contributed by atoms with van der Waals surface area (Å²) in [7, 11) is 3.12. The van der Waals surface area contributed by atoms with Crippen molar-refractivity contribution in [2.45, 2.75) is 25.7 Å². The van der Waals surface area contributed by atoms with Crippen molar-refractivity contribution in [1.29, 1.82) is 0 Å². The van der Waals surface area contributed by atoms with Crippen molar-refractivity contribution in [1.82, 2.24) is 18.9 Å². The maximum absolute atomic E-state index is 12.7. The molecule has 3 rings (SSSR count). The maximum atomic E-state index is 12.7. The van der Waals surface area contributed by atoms with Gasteiger partial charge >= 0.3 is 11.9 Å². The van der Waals surface area contributed by atoms with Crippen LogP contribution in [0.3, 0.4) is 0 Å². The molecule has 0 atom stereocenters. The van der Waals surface area contributed by atoms with Crippen molar-refractivity contribution in [3.05, 3.63) is 68.0 Å². The third-order valence-electron chi connectivity index (χ3n) is 5.38. The molecule has 9 heteroatoms. The molecule has 0 amide bonds. The van der Waals surface area contributed by atoms with Crippen LogP contribution in [0.15, 0.2) is 39.9 Å². The van der Waals surface area contributed by atoms with Gasteiger partial charge in [0.1, 0.15) is 0 Å².